The molecule has 0 bridgehead atoms. The van der Waals surface area contributed by atoms with Crippen molar-refractivity contribution in [2.45, 2.75) is 44.3 Å². The lowest BCUT2D eigenvalue weighted by Crippen LogP contribution is -2.33. The first kappa shape index (κ1) is 29.9. The zero-order valence-electron chi connectivity index (χ0n) is 24.7. The second kappa shape index (κ2) is 12.8. The summed E-state index contributed by atoms with van der Waals surface area (Å²) < 4.78 is 14.7. The highest BCUT2D eigenvalue weighted by atomic mass is 16.7. The van der Waals surface area contributed by atoms with Crippen molar-refractivity contribution in [3.8, 4) is 0 Å². The van der Waals surface area contributed by atoms with Crippen molar-refractivity contribution in [2.75, 3.05) is 23.8 Å². The fraction of sp³-hybridized carbons (Fsp3) is 0.312. The lowest BCUT2D eigenvalue weighted by atomic mass is 10.00. The molecule has 6 rings (SSSR count). The van der Waals surface area contributed by atoms with Gasteiger partial charge >= 0.3 is 12.0 Å². The first-order valence-electron chi connectivity index (χ1n) is 14.7. The molecule has 3 N–H and O–H groups in total. The normalized spacial score (nSPS) is 22.4. The third kappa shape index (κ3) is 6.12. The Morgan fingerprint density at radius 3 is 2.58 bits per heavy atom. The Balaban J connectivity index is 1.28. The number of rotatable bonds is 9. The number of para-hydroxylation sites is 1. The van der Waals surface area contributed by atoms with Crippen LogP contribution >= 0.6 is 0 Å². The van der Waals surface area contributed by atoms with Crippen molar-refractivity contribution in [3.63, 3.8) is 0 Å². The topological polar surface area (TPSA) is 161 Å². The highest BCUT2D eigenvalue weighted by Crippen LogP contribution is 2.46. The molecule has 2 fully saturated rings. The quantitative estimate of drug-likeness (QED) is 0.253. The number of carboxylic acid groups (broad SMARTS) is 1. The molecule has 1 saturated heterocycles. The molecular weight excluding hydrogens is 578 g/mol. The summed E-state index contributed by atoms with van der Waals surface area (Å²) in [6, 6.07) is 15.5. The fourth-order valence-corrected chi connectivity index (χ4v) is 6.02. The molecule has 232 valence electrons. The van der Waals surface area contributed by atoms with Gasteiger partial charge in [-0.25, -0.2) is 24.5 Å². The molecule has 5 atom stereocenters. The van der Waals surface area contributed by atoms with Gasteiger partial charge in [0.25, 0.3) is 0 Å². The van der Waals surface area contributed by atoms with Crippen molar-refractivity contribution < 1.29 is 29.0 Å². The zero-order chi connectivity index (χ0) is 31.5. The van der Waals surface area contributed by atoms with Crippen LogP contribution in [0, 0.1) is 5.92 Å². The van der Waals surface area contributed by atoms with Gasteiger partial charge in [0.05, 0.1) is 29.7 Å². The maximum absolute atomic E-state index is 13.6. The molecule has 13 heteroatoms. The largest absolute Gasteiger partial charge is 0.478 e. The number of ether oxygens (including phenoxy) is 2. The van der Waals surface area contributed by atoms with E-state index >= 15 is 0 Å². The lowest BCUT2D eigenvalue weighted by molar-refractivity contribution is -0.120. The fourth-order valence-electron chi connectivity index (χ4n) is 6.02. The van der Waals surface area contributed by atoms with E-state index in [1.165, 1.54) is 17.3 Å². The minimum Gasteiger partial charge on any atom is -0.478 e. The van der Waals surface area contributed by atoms with Gasteiger partial charge in [-0.05, 0) is 43.0 Å². The third-order valence-corrected chi connectivity index (χ3v) is 8.13. The standard InChI is InChI=1S/C32H33N7O6/c1-3-33-32(43)37-29-26-30(35-17-34-29)39(18-36-26)23-15-20(16-24(40)38(2)22-12-8-7-11-21(22)31(41)42)27-28(23)45-25(44-27)14-13-19-9-5-4-6-10-19/h4-14,17-18,20,23,25,27-28H,3,15-16H2,1-2H3,(H,41,42)(H2,33,34,35,37,43)/t20?,23?,25-,27?,28?/m0/s1. The van der Waals surface area contributed by atoms with Gasteiger partial charge in [-0.3, -0.25) is 10.1 Å². The Labute approximate surface area is 258 Å². The number of nitrogens with zero attached hydrogens (tertiary/aromatic N) is 5. The molecule has 1 saturated carbocycles. The summed E-state index contributed by atoms with van der Waals surface area (Å²) in [7, 11) is 1.58. The number of anilines is 2. The summed E-state index contributed by atoms with van der Waals surface area (Å²) in [4.78, 5) is 52.2. The maximum Gasteiger partial charge on any atom is 0.337 e. The van der Waals surface area contributed by atoms with E-state index in [9.17, 15) is 19.5 Å². The minimum absolute atomic E-state index is 0.0451. The van der Waals surface area contributed by atoms with Crippen LogP contribution < -0.4 is 15.5 Å². The summed E-state index contributed by atoms with van der Waals surface area (Å²) in [5.41, 5.74) is 2.28. The molecule has 45 heavy (non-hydrogen) atoms. The van der Waals surface area contributed by atoms with Crippen LogP contribution in [-0.2, 0) is 14.3 Å². The lowest BCUT2D eigenvalue weighted by Gasteiger charge is -2.23. The van der Waals surface area contributed by atoms with Crippen molar-refractivity contribution in [2.24, 2.45) is 5.92 Å². The molecule has 2 aromatic carbocycles. The van der Waals surface area contributed by atoms with Gasteiger partial charge in [0.1, 0.15) is 12.4 Å². The number of imidazole rings is 1. The van der Waals surface area contributed by atoms with Gasteiger partial charge in [-0.2, -0.15) is 0 Å². The molecule has 2 aliphatic rings. The zero-order valence-corrected chi connectivity index (χ0v) is 24.7. The molecule has 4 unspecified atom stereocenters. The molecule has 3 amide bonds. The number of benzene rings is 2. The van der Waals surface area contributed by atoms with E-state index in [1.54, 1.807) is 31.6 Å². The summed E-state index contributed by atoms with van der Waals surface area (Å²) >= 11 is 0. The average molecular weight is 612 g/mol. The van der Waals surface area contributed by atoms with E-state index in [0.29, 0.717) is 29.8 Å². The van der Waals surface area contributed by atoms with Gasteiger partial charge in [0.15, 0.2) is 23.3 Å². The molecule has 1 aliphatic carbocycles. The Hall–Kier alpha value is -5.14. The van der Waals surface area contributed by atoms with Gasteiger partial charge < -0.3 is 29.4 Å². The van der Waals surface area contributed by atoms with E-state index in [2.05, 4.69) is 25.6 Å². The average Bonchev–Trinajstić information content (AvgIpc) is 3.75. The summed E-state index contributed by atoms with van der Waals surface area (Å²) in [5, 5.41) is 15.1. The monoisotopic (exact) mass is 611 g/mol. The van der Waals surface area contributed by atoms with Gasteiger partial charge in [-0.1, -0.05) is 48.5 Å². The predicted molar refractivity (Wildman–Crippen MR) is 166 cm³/mol. The molecule has 0 radical (unpaired) electrons. The van der Waals surface area contributed by atoms with Crippen LogP contribution in [0.4, 0.5) is 16.3 Å². The Morgan fingerprint density at radius 2 is 1.80 bits per heavy atom. The highest BCUT2D eigenvalue weighted by Gasteiger charge is 2.52. The van der Waals surface area contributed by atoms with Gasteiger partial charge in [-0.15, -0.1) is 0 Å². The highest BCUT2D eigenvalue weighted by molar-refractivity contribution is 6.01. The van der Waals surface area contributed by atoms with E-state index < -0.39 is 30.5 Å². The molecule has 0 spiro atoms. The number of aromatic nitrogens is 4. The number of urea groups is 1. The predicted octanol–water partition coefficient (Wildman–Crippen LogP) is 4.10. The number of hydrogen-bond donors (Lipinski definition) is 3. The van der Waals surface area contributed by atoms with Crippen LogP contribution in [0.5, 0.6) is 0 Å². The number of fused-ring (bicyclic) bond motifs is 2. The number of carbonyl (C=O) groups is 3. The molecule has 1 aliphatic heterocycles. The van der Waals surface area contributed by atoms with Gasteiger partial charge in [0.2, 0.25) is 5.91 Å². The van der Waals surface area contributed by atoms with Crippen molar-refractivity contribution in [1.29, 1.82) is 0 Å². The van der Waals surface area contributed by atoms with E-state index in [0.717, 1.165) is 5.56 Å². The number of carboxylic acids is 1. The van der Waals surface area contributed by atoms with Crippen molar-refractivity contribution in [3.05, 3.63) is 84.5 Å². The van der Waals surface area contributed by atoms with Crippen LogP contribution in [-0.4, -0.2) is 74.6 Å². The summed E-state index contributed by atoms with van der Waals surface area (Å²) in [6.07, 6.45) is 5.88. The molecule has 4 aromatic rings. The van der Waals surface area contributed by atoms with Gasteiger partial charge in [0, 0.05) is 20.0 Å². The smallest absolute Gasteiger partial charge is 0.337 e. The summed E-state index contributed by atoms with van der Waals surface area (Å²) in [5.74, 6) is -1.33. The SMILES string of the molecule is CCNC(=O)Nc1ncnc2c1ncn2C1CC(CC(=O)N(C)c2ccccc2C(=O)O)C2O[C@H](C=Cc3ccccc3)OC21. The maximum atomic E-state index is 13.6. The van der Waals surface area contributed by atoms with Crippen molar-refractivity contribution in [1.82, 2.24) is 24.8 Å². The summed E-state index contributed by atoms with van der Waals surface area (Å²) in [6.45, 7) is 2.27. The first-order valence-corrected chi connectivity index (χ1v) is 14.7. The van der Waals surface area contributed by atoms with Crippen LogP contribution in [0.15, 0.2) is 73.3 Å². The Bertz CT molecular complexity index is 1740. The van der Waals surface area contributed by atoms with Crippen LogP contribution in [0.1, 0.15) is 41.7 Å². The second-order valence-electron chi connectivity index (χ2n) is 10.9. The number of hydrogen-bond acceptors (Lipinski definition) is 8. The molecule has 2 aromatic heterocycles. The van der Waals surface area contributed by atoms with E-state index in [-0.39, 0.29) is 35.7 Å². The third-order valence-electron chi connectivity index (χ3n) is 8.13. The van der Waals surface area contributed by atoms with Crippen molar-refractivity contribution >= 4 is 46.7 Å². The number of aromatic carboxylic acids is 1. The van der Waals surface area contributed by atoms with E-state index in [1.807, 2.05) is 54.0 Å². The minimum atomic E-state index is -1.11. The van der Waals surface area contributed by atoms with Crippen LogP contribution in [0.2, 0.25) is 0 Å². The van der Waals surface area contributed by atoms with Crippen LogP contribution in [0.25, 0.3) is 17.2 Å². The number of carbonyl (C=O) groups excluding carboxylic acids is 2. The second-order valence-corrected chi connectivity index (χ2v) is 10.9. The molecular formula is C32H33N7O6. The first-order chi connectivity index (χ1) is 21.8. The van der Waals surface area contributed by atoms with Crippen LogP contribution in [0.3, 0.4) is 0 Å². The molecule has 13 nitrogen and oxygen atoms in total. The van der Waals surface area contributed by atoms with E-state index in [4.69, 9.17) is 9.47 Å². The number of nitrogens with one attached hydrogen (secondary N) is 2. The Morgan fingerprint density at radius 1 is 1.04 bits per heavy atom. The molecule has 3 heterocycles. The number of amides is 3. The Kier molecular flexibility index (Phi) is 8.54.